The zero-order chi connectivity index (χ0) is 24.8. The van der Waals surface area contributed by atoms with Crippen LogP contribution in [0.15, 0.2) is 23.3 Å². The van der Waals surface area contributed by atoms with Crippen molar-refractivity contribution >= 4 is 11.8 Å². The highest BCUT2D eigenvalue weighted by molar-refractivity contribution is 5.97. The molecule has 3 aliphatic carbocycles. The lowest BCUT2D eigenvalue weighted by atomic mass is 9.46. The molecule has 1 saturated heterocycles. The van der Waals surface area contributed by atoms with E-state index in [1.807, 2.05) is 27.7 Å². The van der Waals surface area contributed by atoms with E-state index in [1.165, 1.54) is 0 Å². The lowest BCUT2D eigenvalue weighted by Gasteiger charge is -2.63. The fraction of sp³-hybridized carbons (Fsp3) is 0.786. The zero-order valence-electron chi connectivity index (χ0n) is 21.4. The summed E-state index contributed by atoms with van der Waals surface area (Å²) in [4.78, 5) is 25.7. The van der Waals surface area contributed by atoms with Gasteiger partial charge in [-0.15, -0.1) is 0 Å². The van der Waals surface area contributed by atoms with E-state index in [2.05, 4.69) is 6.92 Å². The number of fused-ring (bicyclic) bond motifs is 5. The summed E-state index contributed by atoms with van der Waals surface area (Å²) in [5.74, 6) is 0.333. The van der Waals surface area contributed by atoms with Gasteiger partial charge in [-0.2, -0.15) is 0 Å². The molecule has 2 heterocycles. The molecule has 188 valence electrons. The van der Waals surface area contributed by atoms with Crippen LogP contribution in [-0.2, 0) is 19.1 Å². The molecule has 0 unspecified atom stereocenters. The second-order valence-electron chi connectivity index (χ2n) is 12.6. The van der Waals surface area contributed by atoms with Gasteiger partial charge in [0.1, 0.15) is 23.4 Å². The van der Waals surface area contributed by atoms with Crippen LogP contribution in [0.3, 0.4) is 0 Å². The Morgan fingerprint density at radius 2 is 1.79 bits per heavy atom. The van der Waals surface area contributed by atoms with Crippen LogP contribution in [0.5, 0.6) is 0 Å². The molecule has 0 aromatic rings. The van der Waals surface area contributed by atoms with Gasteiger partial charge in [0.25, 0.3) is 0 Å². The van der Waals surface area contributed by atoms with Gasteiger partial charge in [-0.1, -0.05) is 12.5 Å². The lowest BCUT2D eigenvalue weighted by molar-refractivity contribution is -0.257. The van der Waals surface area contributed by atoms with Crippen LogP contribution < -0.4 is 0 Å². The van der Waals surface area contributed by atoms with Gasteiger partial charge < -0.3 is 19.7 Å². The van der Waals surface area contributed by atoms with Crippen molar-refractivity contribution in [3.63, 3.8) is 0 Å². The maximum atomic E-state index is 13.3. The van der Waals surface area contributed by atoms with Gasteiger partial charge in [0.2, 0.25) is 0 Å². The first-order chi connectivity index (χ1) is 15.8. The molecule has 6 heteroatoms. The molecule has 0 spiro atoms. The Morgan fingerprint density at radius 3 is 2.47 bits per heavy atom. The number of aliphatic hydroxyl groups is 2. The molecule has 10 atom stereocenters. The van der Waals surface area contributed by atoms with Crippen molar-refractivity contribution in [2.45, 2.75) is 97.1 Å². The molecular weight excluding hydrogens is 432 g/mol. The standard InChI is InChI=1S/C28H40O6/c1-15-13-23(34-24(31)16(15)2)27(5,32)20-8-7-18-17-14-33-28(6)22(30)10-9-21(29)26(28,4)19(17)11-12-25(18,20)3/h9-10,17-20,22-23,30,32H,7-8,11-14H2,1-6H3/t17-,18-,19-,20-,22-,23+,25-,26-,27+,28-/m0/s1. The van der Waals surface area contributed by atoms with Crippen molar-refractivity contribution in [1.29, 1.82) is 0 Å². The minimum absolute atomic E-state index is 0.0105. The monoisotopic (exact) mass is 472 g/mol. The molecule has 3 fully saturated rings. The van der Waals surface area contributed by atoms with E-state index >= 15 is 0 Å². The van der Waals surface area contributed by atoms with Gasteiger partial charge in [-0.25, -0.2) is 4.79 Å². The number of esters is 1. The second-order valence-corrected chi connectivity index (χ2v) is 12.6. The smallest absolute Gasteiger partial charge is 0.334 e. The molecule has 0 radical (unpaired) electrons. The Kier molecular flexibility index (Phi) is 5.34. The number of hydrogen-bond acceptors (Lipinski definition) is 6. The normalized spacial score (nSPS) is 50.2. The molecule has 6 nitrogen and oxygen atoms in total. The SMILES string of the molecule is CC1=C(C)C(=O)O[C@@H]([C@](C)(O)[C@H]2CC[C@H]3[C@@H]4CO[C@@]5(C)[C@@H](O)C=CC(=O)[C@]5(C)[C@H]4CC[C@]23C)C1. The fourth-order valence-corrected chi connectivity index (χ4v) is 8.75. The van der Waals surface area contributed by atoms with Gasteiger partial charge in [0.05, 0.1) is 12.0 Å². The third-order valence-electron chi connectivity index (χ3n) is 11.3. The Bertz CT molecular complexity index is 979. The quantitative estimate of drug-likeness (QED) is 0.595. The molecule has 0 aromatic carbocycles. The second kappa shape index (κ2) is 7.50. The van der Waals surface area contributed by atoms with Crippen LogP contribution >= 0.6 is 0 Å². The highest BCUT2D eigenvalue weighted by atomic mass is 16.6. The number of carbonyl (C=O) groups is 2. The largest absolute Gasteiger partial charge is 0.456 e. The first kappa shape index (κ1) is 24.2. The molecule has 2 saturated carbocycles. The van der Waals surface area contributed by atoms with E-state index in [0.717, 1.165) is 31.3 Å². The molecular formula is C28H40O6. The number of rotatable bonds is 2. The maximum absolute atomic E-state index is 13.3. The summed E-state index contributed by atoms with van der Waals surface area (Å²) in [6, 6.07) is 0. The average Bonchev–Trinajstić information content (AvgIpc) is 3.14. The average molecular weight is 473 g/mol. The van der Waals surface area contributed by atoms with Crippen LogP contribution in [0.2, 0.25) is 0 Å². The Balaban J connectivity index is 1.45. The fourth-order valence-electron chi connectivity index (χ4n) is 8.75. The van der Waals surface area contributed by atoms with Crippen molar-refractivity contribution < 1.29 is 29.3 Å². The summed E-state index contributed by atoms with van der Waals surface area (Å²) < 4.78 is 12.1. The number of cyclic esters (lactones) is 1. The minimum atomic E-state index is -1.14. The molecule has 5 rings (SSSR count). The minimum Gasteiger partial charge on any atom is -0.456 e. The summed E-state index contributed by atoms with van der Waals surface area (Å²) in [6.07, 6.45) is 5.89. The predicted molar refractivity (Wildman–Crippen MR) is 127 cm³/mol. The number of ether oxygens (including phenoxy) is 2. The van der Waals surface area contributed by atoms with Crippen LogP contribution in [0.4, 0.5) is 0 Å². The molecule has 0 bridgehead atoms. The van der Waals surface area contributed by atoms with Crippen molar-refractivity contribution in [3.05, 3.63) is 23.3 Å². The maximum Gasteiger partial charge on any atom is 0.334 e. The number of ketones is 1. The summed E-state index contributed by atoms with van der Waals surface area (Å²) in [7, 11) is 0. The molecule has 5 aliphatic rings. The summed E-state index contributed by atoms with van der Waals surface area (Å²) in [5, 5.41) is 22.7. The van der Waals surface area contributed by atoms with Crippen molar-refractivity contribution in [2.75, 3.05) is 6.61 Å². The third-order valence-corrected chi connectivity index (χ3v) is 11.3. The zero-order valence-corrected chi connectivity index (χ0v) is 21.4. The van der Waals surface area contributed by atoms with Crippen LogP contribution in [-0.4, -0.2) is 52.0 Å². The predicted octanol–water partition coefficient (Wildman–Crippen LogP) is 3.74. The van der Waals surface area contributed by atoms with E-state index in [1.54, 1.807) is 19.1 Å². The van der Waals surface area contributed by atoms with E-state index < -0.39 is 28.8 Å². The van der Waals surface area contributed by atoms with Crippen LogP contribution in [0.1, 0.15) is 73.6 Å². The van der Waals surface area contributed by atoms with Gasteiger partial charge in [0, 0.05) is 12.0 Å². The van der Waals surface area contributed by atoms with Crippen molar-refractivity contribution in [2.24, 2.45) is 34.5 Å². The first-order valence-corrected chi connectivity index (χ1v) is 12.9. The number of aliphatic hydroxyl groups excluding tert-OH is 1. The Hall–Kier alpha value is -1.50. The lowest BCUT2D eigenvalue weighted by Crippen LogP contribution is -2.69. The van der Waals surface area contributed by atoms with E-state index in [9.17, 15) is 19.8 Å². The van der Waals surface area contributed by atoms with Gasteiger partial charge in [0.15, 0.2) is 5.78 Å². The Morgan fingerprint density at radius 1 is 1.09 bits per heavy atom. The number of allylic oxidation sites excluding steroid dienone is 1. The van der Waals surface area contributed by atoms with Gasteiger partial charge >= 0.3 is 5.97 Å². The topological polar surface area (TPSA) is 93.1 Å². The highest BCUT2D eigenvalue weighted by Gasteiger charge is 2.69. The molecule has 0 amide bonds. The number of carbonyl (C=O) groups excluding carboxylic acids is 2. The van der Waals surface area contributed by atoms with E-state index in [4.69, 9.17) is 9.47 Å². The molecule has 0 aromatic heterocycles. The Labute approximate surface area is 202 Å². The van der Waals surface area contributed by atoms with Crippen molar-refractivity contribution in [3.8, 4) is 0 Å². The van der Waals surface area contributed by atoms with Crippen LogP contribution in [0, 0.1) is 34.5 Å². The highest BCUT2D eigenvalue weighted by Crippen LogP contribution is 2.67. The van der Waals surface area contributed by atoms with Gasteiger partial charge in [-0.3, -0.25) is 4.79 Å². The third kappa shape index (κ3) is 2.91. The van der Waals surface area contributed by atoms with Gasteiger partial charge in [-0.05, 0) is 102 Å². The summed E-state index contributed by atoms with van der Waals surface area (Å²) >= 11 is 0. The van der Waals surface area contributed by atoms with Crippen molar-refractivity contribution in [1.82, 2.24) is 0 Å². The van der Waals surface area contributed by atoms with E-state index in [-0.39, 0.29) is 34.9 Å². The number of hydrogen-bond donors (Lipinski definition) is 2. The molecule has 2 N–H and O–H groups in total. The summed E-state index contributed by atoms with van der Waals surface area (Å²) in [5.41, 5.74) is -1.34. The van der Waals surface area contributed by atoms with E-state index in [0.29, 0.717) is 24.5 Å². The summed E-state index contributed by atoms with van der Waals surface area (Å²) in [6.45, 7) is 12.3. The first-order valence-electron chi connectivity index (χ1n) is 12.9. The molecule has 34 heavy (non-hydrogen) atoms. The molecule has 2 aliphatic heterocycles. The van der Waals surface area contributed by atoms with Crippen LogP contribution in [0.25, 0.3) is 0 Å².